The van der Waals surface area contributed by atoms with Crippen molar-refractivity contribution in [1.29, 1.82) is 0 Å². The lowest BCUT2D eigenvalue weighted by Crippen LogP contribution is -2.08. The Bertz CT molecular complexity index is 554. The lowest BCUT2D eigenvalue weighted by atomic mass is 10.2. The molecule has 0 saturated heterocycles. The summed E-state index contributed by atoms with van der Waals surface area (Å²) < 4.78 is 10.7. The number of methoxy groups -OCH3 is 1. The summed E-state index contributed by atoms with van der Waals surface area (Å²) in [6, 6.07) is 11.0. The topological polar surface area (TPSA) is 35.5 Å². The molecule has 1 unspecified atom stereocenters. The van der Waals surface area contributed by atoms with Crippen LogP contribution in [0.25, 0.3) is 0 Å². The third-order valence-corrected chi connectivity index (χ3v) is 3.95. The van der Waals surface area contributed by atoms with Crippen LogP contribution in [0.4, 0.5) is 0 Å². The number of carbonyl (C=O) groups is 1. The summed E-state index contributed by atoms with van der Waals surface area (Å²) in [4.78, 5) is 12.6. The second-order valence-corrected chi connectivity index (χ2v) is 5.48. The number of halogens is 1. The molecule has 0 radical (unpaired) electrons. The number of benzene rings is 1. The van der Waals surface area contributed by atoms with E-state index in [1.54, 1.807) is 29.5 Å². The van der Waals surface area contributed by atoms with Crippen molar-refractivity contribution in [2.45, 2.75) is 12.5 Å². The van der Waals surface area contributed by atoms with E-state index in [9.17, 15) is 4.79 Å². The van der Waals surface area contributed by atoms with Gasteiger partial charge in [0.05, 0.1) is 12.7 Å². The molecular formula is C15H15ClO3S. The summed E-state index contributed by atoms with van der Waals surface area (Å²) in [5.41, 5.74) is 0.473. The van der Waals surface area contributed by atoms with Gasteiger partial charge in [-0.1, -0.05) is 12.1 Å². The number of ether oxygens (including phenoxy) is 2. The molecule has 0 saturated carbocycles. The number of carbonyl (C=O) groups excluding carboxylic acids is 1. The van der Waals surface area contributed by atoms with Crippen LogP contribution in [0.2, 0.25) is 0 Å². The van der Waals surface area contributed by atoms with Crippen LogP contribution in [0.15, 0.2) is 41.8 Å². The van der Waals surface area contributed by atoms with Crippen LogP contribution in [0.3, 0.4) is 0 Å². The van der Waals surface area contributed by atoms with Gasteiger partial charge in [-0.3, -0.25) is 0 Å². The summed E-state index contributed by atoms with van der Waals surface area (Å²) >= 11 is 7.46. The van der Waals surface area contributed by atoms with Gasteiger partial charge in [0.25, 0.3) is 0 Å². The molecule has 5 heteroatoms. The molecular weight excluding hydrogens is 296 g/mol. The molecule has 0 aliphatic rings. The first-order valence-electron chi connectivity index (χ1n) is 6.19. The number of thiophene rings is 1. The van der Waals surface area contributed by atoms with Gasteiger partial charge in [0, 0.05) is 17.2 Å². The molecule has 0 aliphatic carbocycles. The van der Waals surface area contributed by atoms with Gasteiger partial charge in [-0.15, -0.1) is 22.9 Å². The first-order valence-corrected chi connectivity index (χ1v) is 7.60. The van der Waals surface area contributed by atoms with Crippen molar-refractivity contribution in [3.8, 4) is 5.75 Å². The highest BCUT2D eigenvalue weighted by Crippen LogP contribution is 2.28. The van der Waals surface area contributed by atoms with Gasteiger partial charge in [-0.05, 0) is 29.6 Å². The molecule has 20 heavy (non-hydrogen) atoms. The van der Waals surface area contributed by atoms with E-state index in [1.165, 1.54) is 7.11 Å². The Labute approximate surface area is 127 Å². The molecule has 1 heterocycles. The highest BCUT2D eigenvalue weighted by Gasteiger charge is 2.15. The Balaban J connectivity index is 2.16. The monoisotopic (exact) mass is 310 g/mol. The number of esters is 1. The van der Waals surface area contributed by atoms with E-state index in [4.69, 9.17) is 21.1 Å². The zero-order valence-electron chi connectivity index (χ0n) is 11.0. The number of hydrogen-bond donors (Lipinski definition) is 0. The molecule has 0 aliphatic heterocycles. The van der Waals surface area contributed by atoms with E-state index < -0.39 is 0 Å². The third kappa shape index (κ3) is 3.74. The number of alkyl halides is 1. The Morgan fingerprint density at radius 1 is 1.35 bits per heavy atom. The fourth-order valence-corrected chi connectivity index (χ4v) is 2.80. The second-order valence-electron chi connectivity index (χ2n) is 4.12. The Morgan fingerprint density at radius 2 is 2.20 bits per heavy atom. The second kappa shape index (κ2) is 7.31. The molecule has 0 fully saturated rings. The fraction of sp³-hybridized carbons (Fsp3) is 0.267. The van der Waals surface area contributed by atoms with Gasteiger partial charge in [0.2, 0.25) is 0 Å². The maximum atomic E-state index is 11.5. The minimum absolute atomic E-state index is 0.0969. The minimum atomic E-state index is -0.375. The van der Waals surface area contributed by atoms with Gasteiger partial charge >= 0.3 is 5.97 Å². The predicted octanol–water partition coefficient (Wildman–Crippen LogP) is 4.28. The van der Waals surface area contributed by atoms with Crippen molar-refractivity contribution in [1.82, 2.24) is 0 Å². The first kappa shape index (κ1) is 14.9. The van der Waals surface area contributed by atoms with Gasteiger partial charge in [0.1, 0.15) is 11.9 Å². The predicted molar refractivity (Wildman–Crippen MR) is 80.8 cm³/mol. The maximum Gasteiger partial charge on any atom is 0.337 e. The molecule has 2 aromatic rings. The third-order valence-electron chi connectivity index (χ3n) is 2.77. The first-order chi connectivity index (χ1) is 9.74. The summed E-state index contributed by atoms with van der Waals surface area (Å²) in [5.74, 6) is 0.774. The molecule has 0 N–H and O–H groups in total. The Morgan fingerprint density at radius 3 is 2.85 bits per heavy atom. The molecule has 0 spiro atoms. The van der Waals surface area contributed by atoms with Crippen LogP contribution in [0.1, 0.15) is 27.8 Å². The van der Waals surface area contributed by atoms with Gasteiger partial charge in [-0.25, -0.2) is 4.79 Å². The standard InChI is InChI=1S/C15H15ClO3S/c1-18-15(17)11-4-2-5-12(10-11)19-13(7-8-16)14-6-3-9-20-14/h2-6,9-10,13H,7-8H2,1H3. The Kier molecular flexibility index (Phi) is 5.44. The van der Waals surface area contributed by atoms with Crippen molar-refractivity contribution >= 4 is 28.9 Å². The Hall–Kier alpha value is -1.52. The van der Waals surface area contributed by atoms with E-state index in [2.05, 4.69) is 0 Å². The SMILES string of the molecule is COC(=O)c1cccc(OC(CCCl)c2cccs2)c1. The molecule has 106 valence electrons. The zero-order chi connectivity index (χ0) is 14.4. The van der Waals surface area contributed by atoms with Crippen LogP contribution in [0.5, 0.6) is 5.75 Å². The molecule has 1 atom stereocenters. The van der Waals surface area contributed by atoms with Crippen LogP contribution >= 0.6 is 22.9 Å². The van der Waals surface area contributed by atoms with Crippen molar-refractivity contribution in [2.24, 2.45) is 0 Å². The van der Waals surface area contributed by atoms with Crippen molar-refractivity contribution < 1.29 is 14.3 Å². The van der Waals surface area contributed by atoms with Gasteiger partial charge < -0.3 is 9.47 Å². The van der Waals surface area contributed by atoms with Crippen molar-refractivity contribution in [3.05, 3.63) is 52.2 Å². The molecule has 0 amide bonds. The van der Waals surface area contributed by atoms with E-state index in [0.29, 0.717) is 23.6 Å². The highest BCUT2D eigenvalue weighted by atomic mass is 35.5. The quantitative estimate of drug-likeness (QED) is 0.590. The van der Waals surface area contributed by atoms with Crippen molar-refractivity contribution in [2.75, 3.05) is 13.0 Å². The lowest BCUT2D eigenvalue weighted by molar-refractivity contribution is 0.0600. The van der Waals surface area contributed by atoms with Crippen LogP contribution in [0, 0.1) is 0 Å². The van der Waals surface area contributed by atoms with Crippen molar-refractivity contribution in [3.63, 3.8) is 0 Å². The summed E-state index contributed by atoms with van der Waals surface area (Å²) in [6.07, 6.45) is 0.616. The van der Waals surface area contributed by atoms with Crippen LogP contribution < -0.4 is 4.74 Å². The molecule has 3 nitrogen and oxygen atoms in total. The maximum absolute atomic E-state index is 11.5. The van der Waals surface area contributed by atoms with Crippen LogP contribution in [-0.2, 0) is 4.74 Å². The van der Waals surface area contributed by atoms with E-state index in [1.807, 2.05) is 23.6 Å². The summed E-state index contributed by atoms with van der Waals surface area (Å²) in [5, 5.41) is 2.00. The molecule has 0 bridgehead atoms. The summed E-state index contributed by atoms with van der Waals surface area (Å²) in [7, 11) is 1.36. The van der Waals surface area contributed by atoms with Crippen LogP contribution in [-0.4, -0.2) is 19.0 Å². The van der Waals surface area contributed by atoms with Gasteiger partial charge in [-0.2, -0.15) is 0 Å². The lowest BCUT2D eigenvalue weighted by Gasteiger charge is -2.17. The molecule has 2 rings (SSSR count). The largest absolute Gasteiger partial charge is 0.485 e. The fourth-order valence-electron chi connectivity index (χ4n) is 1.81. The van der Waals surface area contributed by atoms with Gasteiger partial charge in [0.15, 0.2) is 0 Å². The summed E-state index contributed by atoms with van der Waals surface area (Å²) in [6.45, 7) is 0. The number of rotatable bonds is 6. The van der Waals surface area contributed by atoms with E-state index in [-0.39, 0.29) is 12.1 Å². The smallest absolute Gasteiger partial charge is 0.337 e. The minimum Gasteiger partial charge on any atom is -0.485 e. The highest BCUT2D eigenvalue weighted by molar-refractivity contribution is 7.10. The van der Waals surface area contributed by atoms with E-state index in [0.717, 1.165) is 4.88 Å². The average molecular weight is 311 g/mol. The van der Waals surface area contributed by atoms with E-state index >= 15 is 0 Å². The molecule has 1 aromatic heterocycles. The molecule has 1 aromatic carbocycles. The number of hydrogen-bond acceptors (Lipinski definition) is 4. The normalized spacial score (nSPS) is 11.9. The average Bonchev–Trinajstić information content (AvgIpc) is 3.00. The zero-order valence-corrected chi connectivity index (χ0v) is 12.6.